The van der Waals surface area contributed by atoms with Gasteiger partial charge in [-0.25, -0.2) is 0 Å². The van der Waals surface area contributed by atoms with Crippen LogP contribution in [0.1, 0.15) is 12.8 Å². The van der Waals surface area contributed by atoms with E-state index in [2.05, 4.69) is 10.6 Å². The zero-order valence-electron chi connectivity index (χ0n) is 12.0. The molecule has 114 valence electrons. The Morgan fingerprint density at radius 2 is 0.952 bits per heavy atom. The number of hydrogen-bond donors (Lipinski definition) is 4. The van der Waals surface area contributed by atoms with Crippen molar-refractivity contribution in [3.05, 3.63) is 48.5 Å². The molecule has 0 aliphatic heterocycles. The van der Waals surface area contributed by atoms with Gasteiger partial charge in [-0.15, -0.1) is 12.4 Å². The molecule has 0 bridgehead atoms. The SMILES string of the molecule is Cl.Nc1ccc(NCCCCNc2ccc(N)cc2)cc1. The molecule has 6 N–H and O–H groups in total. The average molecular weight is 307 g/mol. The summed E-state index contributed by atoms with van der Waals surface area (Å²) < 4.78 is 0. The van der Waals surface area contributed by atoms with E-state index in [9.17, 15) is 0 Å². The highest BCUT2D eigenvalue weighted by Gasteiger charge is 1.94. The van der Waals surface area contributed by atoms with Crippen molar-refractivity contribution in [2.24, 2.45) is 0 Å². The van der Waals surface area contributed by atoms with Crippen molar-refractivity contribution in [1.29, 1.82) is 0 Å². The fourth-order valence-electron chi connectivity index (χ4n) is 1.92. The molecule has 0 heterocycles. The summed E-state index contributed by atoms with van der Waals surface area (Å²) in [4.78, 5) is 0. The second-order valence-corrected chi connectivity index (χ2v) is 4.80. The van der Waals surface area contributed by atoms with Crippen LogP contribution >= 0.6 is 12.4 Å². The third-order valence-electron chi connectivity index (χ3n) is 3.08. The highest BCUT2D eigenvalue weighted by atomic mass is 35.5. The highest BCUT2D eigenvalue weighted by Crippen LogP contribution is 2.11. The van der Waals surface area contributed by atoms with Crippen LogP contribution in [0.3, 0.4) is 0 Å². The monoisotopic (exact) mass is 306 g/mol. The van der Waals surface area contributed by atoms with Gasteiger partial charge >= 0.3 is 0 Å². The van der Waals surface area contributed by atoms with Crippen molar-refractivity contribution >= 4 is 35.2 Å². The van der Waals surface area contributed by atoms with Crippen LogP contribution in [0.25, 0.3) is 0 Å². The van der Waals surface area contributed by atoms with Crippen molar-refractivity contribution in [2.75, 3.05) is 35.2 Å². The molecule has 2 rings (SSSR count). The standard InChI is InChI=1S/C16H22N4.ClH/c17-13-3-7-15(8-4-13)19-11-1-2-12-20-16-9-5-14(18)6-10-16;/h3-10,19-20H,1-2,11-12,17-18H2;1H. The summed E-state index contributed by atoms with van der Waals surface area (Å²) in [5, 5.41) is 6.76. The molecule has 0 amide bonds. The van der Waals surface area contributed by atoms with E-state index in [0.29, 0.717) is 0 Å². The molecule has 0 atom stereocenters. The van der Waals surface area contributed by atoms with Crippen LogP contribution in [0.2, 0.25) is 0 Å². The van der Waals surface area contributed by atoms with E-state index in [1.54, 1.807) is 0 Å². The lowest BCUT2D eigenvalue weighted by molar-refractivity contribution is 0.796. The van der Waals surface area contributed by atoms with E-state index in [4.69, 9.17) is 11.5 Å². The van der Waals surface area contributed by atoms with Gasteiger partial charge in [0.2, 0.25) is 0 Å². The van der Waals surface area contributed by atoms with Crippen LogP contribution in [0.4, 0.5) is 22.7 Å². The lowest BCUT2D eigenvalue weighted by Crippen LogP contribution is -2.06. The van der Waals surface area contributed by atoms with Crippen LogP contribution in [-0.2, 0) is 0 Å². The topological polar surface area (TPSA) is 76.1 Å². The van der Waals surface area contributed by atoms with Crippen LogP contribution in [0, 0.1) is 0 Å². The summed E-state index contributed by atoms with van der Waals surface area (Å²) in [6.45, 7) is 1.93. The molecule has 2 aromatic rings. The molecule has 0 saturated carbocycles. The molecule has 5 heteroatoms. The normalized spacial score (nSPS) is 9.71. The minimum atomic E-state index is 0. The molecular formula is C16H23ClN4. The van der Waals surface area contributed by atoms with Crippen LogP contribution in [0.15, 0.2) is 48.5 Å². The Morgan fingerprint density at radius 1 is 0.619 bits per heavy atom. The fourth-order valence-corrected chi connectivity index (χ4v) is 1.92. The maximum Gasteiger partial charge on any atom is 0.0341 e. The van der Waals surface area contributed by atoms with Crippen molar-refractivity contribution in [2.45, 2.75) is 12.8 Å². The molecule has 0 aliphatic rings. The molecule has 0 fully saturated rings. The number of nitrogen functional groups attached to an aromatic ring is 2. The summed E-state index contributed by atoms with van der Waals surface area (Å²) in [6.07, 6.45) is 2.23. The second-order valence-electron chi connectivity index (χ2n) is 4.80. The Morgan fingerprint density at radius 3 is 1.29 bits per heavy atom. The summed E-state index contributed by atoms with van der Waals surface area (Å²) in [5.41, 5.74) is 15.1. The first-order valence-corrected chi connectivity index (χ1v) is 6.93. The molecular weight excluding hydrogens is 284 g/mol. The van der Waals surface area contributed by atoms with E-state index >= 15 is 0 Å². The van der Waals surface area contributed by atoms with Crippen molar-refractivity contribution in [1.82, 2.24) is 0 Å². The number of unbranched alkanes of at least 4 members (excludes halogenated alkanes) is 1. The van der Waals surface area contributed by atoms with E-state index in [1.165, 1.54) is 0 Å². The number of nitrogens with two attached hydrogens (primary N) is 2. The largest absolute Gasteiger partial charge is 0.399 e. The van der Waals surface area contributed by atoms with Gasteiger partial charge in [0.15, 0.2) is 0 Å². The van der Waals surface area contributed by atoms with E-state index < -0.39 is 0 Å². The maximum atomic E-state index is 5.64. The molecule has 0 saturated heterocycles. The molecule has 0 unspecified atom stereocenters. The molecule has 0 spiro atoms. The van der Waals surface area contributed by atoms with E-state index in [-0.39, 0.29) is 12.4 Å². The maximum absolute atomic E-state index is 5.64. The number of anilines is 4. The zero-order chi connectivity index (χ0) is 14.2. The minimum Gasteiger partial charge on any atom is -0.399 e. The molecule has 2 aromatic carbocycles. The Kier molecular flexibility index (Phi) is 7.26. The zero-order valence-corrected chi connectivity index (χ0v) is 12.8. The van der Waals surface area contributed by atoms with Gasteiger partial charge in [0.05, 0.1) is 0 Å². The van der Waals surface area contributed by atoms with Crippen LogP contribution in [-0.4, -0.2) is 13.1 Å². The van der Waals surface area contributed by atoms with E-state index in [1.807, 2.05) is 48.5 Å². The summed E-state index contributed by atoms with van der Waals surface area (Å²) >= 11 is 0. The molecule has 0 aromatic heterocycles. The summed E-state index contributed by atoms with van der Waals surface area (Å²) in [6, 6.07) is 15.6. The van der Waals surface area contributed by atoms with Crippen molar-refractivity contribution < 1.29 is 0 Å². The number of nitrogens with one attached hydrogen (secondary N) is 2. The smallest absolute Gasteiger partial charge is 0.0341 e. The number of benzene rings is 2. The van der Waals surface area contributed by atoms with Gasteiger partial charge in [0, 0.05) is 35.8 Å². The third-order valence-corrected chi connectivity index (χ3v) is 3.08. The summed E-state index contributed by atoms with van der Waals surface area (Å²) in [7, 11) is 0. The fraction of sp³-hybridized carbons (Fsp3) is 0.250. The molecule has 0 aliphatic carbocycles. The average Bonchev–Trinajstić information content (AvgIpc) is 2.46. The molecule has 21 heavy (non-hydrogen) atoms. The van der Waals surface area contributed by atoms with Crippen molar-refractivity contribution in [3.63, 3.8) is 0 Å². The first kappa shape index (κ1) is 17.0. The van der Waals surface area contributed by atoms with Crippen LogP contribution < -0.4 is 22.1 Å². The number of hydrogen-bond acceptors (Lipinski definition) is 4. The predicted molar refractivity (Wildman–Crippen MR) is 95.2 cm³/mol. The highest BCUT2D eigenvalue weighted by molar-refractivity contribution is 5.85. The lowest BCUT2D eigenvalue weighted by Gasteiger charge is -2.08. The number of rotatable bonds is 7. The predicted octanol–water partition coefficient (Wildman–Crippen LogP) is 3.58. The Labute approximate surface area is 132 Å². The van der Waals surface area contributed by atoms with Gasteiger partial charge in [0.25, 0.3) is 0 Å². The Balaban J connectivity index is 0.00000220. The third kappa shape index (κ3) is 6.27. The number of halogens is 1. The van der Waals surface area contributed by atoms with Gasteiger partial charge in [-0.3, -0.25) is 0 Å². The van der Waals surface area contributed by atoms with Crippen LogP contribution in [0.5, 0.6) is 0 Å². The second kappa shape index (κ2) is 8.97. The Hall–Kier alpha value is -2.07. The summed E-state index contributed by atoms with van der Waals surface area (Å²) in [5.74, 6) is 0. The van der Waals surface area contributed by atoms with Crippen molar-refractivity contribution in [3.8, 4) is 0 Å². The molecule has 0 radical (unpaired) electrons. The van der Waals surface area contributed by atoms with Gasteiger partial charge in [-0.05, 0) is 61.4 Å². The Bertz CT molecular complexity index is 461. The first-order valence-electron chi connectivity index (χ1n) is 6.93. The van der Waals surface area contributed by atoms with E-state index in [0.717, 1.165) is 48.7 Å². The van der Waals surface area contributed by atoms with Gasteiger partial charge in [-0.2, -0.15) is 0 Å². The van der Waals surface area contributed by atoms with Gasteiger partial charge in [0.1, 0.15) is 0 Å². The lowest BCUT2D eigenvalue weighted by atomic mass is 10.2. The quantitative estimate of drug-likeness (QED) is 0.466. The minimum absolute atomic E-state index is 0. The molecule has 4 nitrogen and oxygen atoms in total. The first-order chi connectivity index (χ1) is 9.74. The van der Waals surface area contributed by atoms with Gasteiger partial charge in [-0.1, -0.05) is 0 Å². The van der Waals surface area contributed by atoms with Gasteiger partial charge < -0.3 is 22.1 Å².